The summed E-state index contributed by atoms with van der Waals surface area (Å²) in [6.45, 7) is 0.675. The van der Waals surface area contributed by atoms with E-state index >= 15 is 0 Å². The molecule has 0 amide bonds. The van der Waals surface area contributed by atoms with Crippen LogP contribution < -0.4 is 5.32 Å². The summed E-state index contributed by atoms with van der Waals surface area (Å²) in [4.78, 5) is 0. The number of rotatable bonds is 5. The molecule has 2 nitrogen and oxygen atoms in total. The normalized spacial score (nSPS) is 10.7. The Labute approximate surface area is 52.9 Å². The molecule has 0 saturated heterocycles. The van der Waals surface area contributed by atoms with Crippen molar-refractivity contribution in [1.29, 1.82) is 0 Å². The van der Waals surface area contributed by atoms with Crippen LogP contribution >= 0.6 is 0 Å². The molecule has 0 radical (unpaired) electrons. The predicted octanol–water partition coefficient (Wildman–Crippen LogP) is 0.224. The predicted molar refractivity (Wildman–Crippen MR) is 30.6 cm³/mol. The average Bonchev–Trinajstić information content (AvgIpc) is 1.80. The van der Waals surface area contributed by atoms with Gasteiger partial charge in [-0.25, -0.2) is 8.78 Å². The highest BCUT2D eigenvalue weighted by Crippen LogP contribution is 1.95. The van der Waals surface area contributed by atoms with Gasteiger partial charge in [0.25, 0.3) is 0 Å². The summed E-state index contributed by atoms with van der Waals surface area (Å²) < 4.78 is 22.7. The second-order valence-electron chi connectivity index (χ2n) is 1.65. The molecule has 0 aliphatic carbocycles. The number of alkyl halides is 2. The number of aliphatic hydroxyl groups is 1. The SMILES string of the molecule is OCCNCCC(F)F. The summed E-state index contributed by atoms with van der Waals surface area (Å²) in [5.74, 6) is 0. The monoisotopic (exact) mass is 139 g/mol. The minimum absolute atomic E-state index is 0.00321. The molecule has 2 N–H and O–H groups in total. The molecule has 0 aromatic carbocycles. The number of halogens is 2. The third-order valence-corrected chi connectivity index (χ3v) is 0.828. The zero-order chi connectivity index (χ0) is 7.11. The zero-order valence-electron chi connectivity index (χ0n) is 5.11. The first-order valence-electron chi connectivity index (χ1n) is 2.87. The van der Waals surface area contributed by atoms with Gasteiger partial charge in [-0.05, 0) is 0 Å². The molecule has 0 fully saturated rings. The van der Waals surface area contributed by atoms with Gasteiger partial charge >= 0.3 is 0 Å². The second kappa shape index (κ2) is 5.91. The maximum Gasteiger partial charge on any atom is 0.239 e. The molecule has 0 aromatic rings. The Hall–Kier alpha value is -0.220. The first-order chi connectivity index (χ1) is 4.27. The Kier molecular flexibility index (Phi) is 5.76. The van der Waals surface area contributed by atoms with E-state index in [9.17, 15) is 8.78 Å². The van der Waals surface area contributed by atoms with Crippen molar-refractivity contribution >= 4 is 0 Å². The van der Waals surface area contributed by atoms with Crippen LogP contribution in [-0.2, 0) is 0 Å². The molecule has 0 atom stereocenters. The molecule has 0 aliphatic rings. The van der Waals surface area contributed by atoms with Gasteiger partial charge < -0.3 is 10.4 Å². The fourth-order valence-corrected chi connectivity index (χ4v) is 0.415. The summed E-state index contributed by atoms with van der Waals surface area (Å²) in [5, 5.41) is 10.8. The van der Waals surface area contributed by atoms with Gasteiger partial charge in [-0.2, -0.15) is 0 Å². The lowest BCUT2D eigenvalue weighted by Crippen LogP contribution is -2.20. The molecule has 56 valence electrons. The van der Waals surface area contributed by atoms with E-state index in [2.05, 4.69) is 5.32 Å². The summed E-state index contributed by atoms with van der Waals surface area (Å²) in [6.07, 6.45) is -2.38. The quantitative estimate of drug-likeness (QED) is 0.534. The lowest BCUT2D eigenvalue weighted by molar-refractivity contribution is 0.136. The van der Waals surface area contributed by atoms with E-state index in [4.69, 9.17) is 5.11 Å². The standard InChI is InChI=1S/C5H11F2NO/c6-5(7)1-2-8-3-4-9/h5,8-9H,1-4H2. The molecule has 0 saturated carbocycles. The van der Waals surface area contributed by atoms with Crippen LogP contribution in [0.2, 0.25) is 0 Å². The smallest absolute Gasteiger partial charge is 0.239 e. The van der Waals surface area contributed by atoms with Gasteiger partial charge in [0, 0.05) is 19.5 Å². The van der Waals surface area contributed by atoms with Crippen LogP contribution in [0.15, 0.2) is 0 Å². The lowest BCUT2D eigenvalue weighted by atomic mass is 10.4. The zero-order valence-corrected chi connectivity index (χ0v) is 5.11. The fourth-order valence-electron chi connectivity index (χ4n) is 0.415. The number of hydrogen-bond donors (Lipinski definition) is 2. The molecule has 4 heteroatoms. The first-order valence-corrected chi connectivity index (χ1v) is 2.87. The minimum Gasteiger partial charge on any atom is -0.395 e. The minimum atomic E-state index is -2.24. The Morgan fingerprint density at radius 2 is 2.00 bits per heavy atom. The van der Waals surface area contributed by atoms with E-state index in [0.29, 0.717) is 6.54 Å². The average molecular weight is 139 g/mol. The van der Waals surface area contributed by atoms with Crippen molar-refractivity contribution in [3.05, 3.63) is 0 Å². The molecule has 0 aliphatic heterocycles. The Morgan fingerprint density at radius 1 is 1.33 bits per heavy atom. The van der Waals surface area contributed by atoms with Gasteiger partial charge in [0.2, 0.25) is 6.43 Å². The van der Waals surface area contributed by atoms with E-state index in [1.54, 1.807) is 0 Å². The third kappa shape index (κ3) is 7.78. The van der Waals surface area contributed by atoms with E-state index in [0.717, 1.165) is 0 Å². The number of nitrogens with one attached hydrogen (secondary N) is 1. The molecule has 0 bridgehead atoms. The van der Waals surface area contributed by atoms with Crippen LogP contribution in [0, 0.1) is 0 Å². The van der Waals surface area contributed by atoms with Crippen LogP contribution in [-0.4, -0.2) is 31.2 Å². The summed E-state index contributed by atoms with van der Waals surface area (Å²) >= 11 is 0. The Balaban J connectivity index is 2.75. The van der Waals surface area contributed by atoms with Crippen LogP contribution in [0.25, 0.3) is 0 Å². The van der Waals surface area contributed by atoms with E-state index in [1.165, 1.54) is 0 Å². The topological polar surface area (TPSA) is 32.3 Å². The second-order valence-corrected chi connectivity index (χ2v) is 1.65. The lowest BCUT2D eigenvalue weighted by Gasteiger charge is -1.99. The van der Waals surface area contributed by atoms with Crippen molar-refractivity contribution in [2.75, 3.05) is 19.7 Å². The van der Waals surface area contributed by atoms with Crippen LogP contribution in [0.1, 0.15) is 6.42 Å². The third-order valence-electron chi connectivity index (χ3n) is 0.828. The van der Waals surface area contributed by atoms with Gasteiger partial charge in [0.15, 0.2) is 0 Å². The summed E-state index contributed by atoms with van der Waals surface area (Å²) in [6, 6.07) is 0. The molecular formula is C5H11F2NO. The molecule has 0 aromatic heterocycles. The first kappa shape index (κ1) is 8.78. The van der Waals surface area contributed by atoms with Gasteiger partial charge in [-0.1, -0.05) is 0 Å². The number of hydrogen-bond acceptors (Lipinski definition) is 2. The highest BCUT2D eigenvalue weighted by molar-refractivity contribution is 4.46. The maximum atomic E-state index is 11.4. The molecule has 0 heterocycles. The molecule has 0 spiro atoms. The van der Waals surface area contributed by atoms with Gasteiger partial charge in [-0.3, -0.25) is 0 Å². The number of aliphatic hydroxyl groups excluding tert-OH is 1. The van der Waals surface area contributed by atoms with Crippen molar-refractivity contribution < 1.29 is 13.9 Å². The molecule has 9 heavy (non-hydrogen) atoms. The van der Waals surface area contributed by atoms with Gasteiger partial charge in [0.1, 0.15) is 0 Å². The fraction of sp³-hybridized carbons (Fsp3) is 1.00. The van der Waals surface area contributed by atoms with Gasteiger partial charge in [-0.15, -0.1) is 0 Å². The Bertz CT molecular complexity index is 60.9. The van der Waals surface area contributed by atoms with Gasteiger partial charge in [0.05, 0.1) is 6.61 Å². The maximum absolute atomic E-state index is 11.4. The summed E-state index contributed by atoms with van der Waals surface area (Å²) in [7, 11) is 0. The van der Waals surface area contributed by atoms with E-state index in [-0.39, 0.29) is 19.6 Å². The molecular weight excluding hydrogens is 128 g/mol. The van der Waals surface area contributed by atoms with Crippen molar-refractivity contribution in [2.24, 2.45) is 0 Å². The van der Waals surface area contributed by atoms with Crippen molar-refractivity contribution in [3.63, 3.8) is 0 Å². The van der Waals surface area contributed by atoms with Crippen molar-refractivity contribution in [1.82, 2.24) is 5.32 Å². The highest BCUT2D eigenvalue weighted by atomic mass is 19.3. The van der Waals surface area contributed by atoms with Crippen molar-refractivity contribution in [3.8, 4) is 0 Å². The van der Waals surface area contributed by atoms with Crippen LogP contribution in [0.4, 0.5) is 8.78 Å². The van der Waals surface area contributed by atoms with E-state index in [1.807, 2.05) is 0 Å². The Morgan fingerprint density at radius 3 is 2.44 bits per heavy atom. The van der Waals surface area contributed by atoms with Crippen molar-refractivity contribution in [2.45, 2.75) is 12.8 Å². The largest absolute Gasteiger partial charge is 0.395 e. The highest BCUT2D eigenvalue weighted by Gasteiger charge is 1.99. The molecule has 0 rings (SSSR count). The van der Waals surface area contributed by atoms with Crippen LogP contribution in [0.3, 0.4) is 0 Å². The molecule has 0 unspecified atom stereocenters. The van der Waals surface area contributed by atoms with Crippen LogP contribution in [0.5, 0.6) is 0 Å². The van der Waals surface area contributed by atoms with E-state index < -0.39 is 6.43 Å². The summed E-state index contributed by atoms with van der Waals surface area (Å²) in [5.41, 5.74) is 0.